The summed E-state index contributed by atoms with van der Waals surface area (Å²) >= 11 is 0. The molecule has 2 heterocycles. The Labute approximate surface area is 150 Å². The van der Waals surface area contributed by atoms with Crippen molar-refractivity contribution in [1.82, 2.24) is 9.88 Å². The SMILES string of the molecule is Cc1cc2c(cc1C)C(=O)N(CCC(C)(N)CCc1ccccn1)C2. The number of hydrogen-bond donors (Lipinski definition) is 1. The number of fused-ring (bicyclic) bond motifs is 1. The van der Waals surface area contributed by atoms with Gasteiger partial charge in [-0.05, 0) is 74.9 Å². The fraction of sp³-hybridized carbons (Fsp3) is 0.429. The van der Waals surface area contributed by atoms with Gasteiger partial charge in [0, 0.05) is 36.1 Å². The summed E-state index contributed by atoms with van der Waals surface area (Å²) < 4.78 is 0. The molecule has 0 fully saturated rings. The Morgan fingerprint density at radius 3 is 2.68 bits per heavy atom. The molecule has 2 aromatic rings. The molecule has 4 nitrogen and oxygen atoms in total. The Kier molecular flexibility index (Phi) is 4.91. The molecule has 0 aliphatic carbocycles. The zero-order valence-electron chi connectivity index (χ0n) is 15.4. The van der Waals surface area contributed by atoms with Crippen molar-refractivity contribution < 1.29 is 4.79 Å². The summed E-state index contributed by atoms with van der Waals surface area (Å²) in [4.78, 5) is 18.9. The van der Waals surface area contributed by atoms with Gasteiger partial charge in [-0.3, -0.25) is 9.78 Å². The predicted octanol–water partition coefficient (Wildman–Crippen LogP) is 3.39. The second kappa shape index (κ2) is 6.96. The van der Waals surface area contributed by atoms with Crippen molar-refractivity contribution in [2.45, 2.75) is 52.1 Å². The van der Waals surface area contributed by atoms with Crippen molar-refractivity contribution in [2.75, 3.05) is 6.54 Å². The minimum atomic E-state index is -0.307. The minimum absolute atomic E-state index is 0.138. The minimum Gasteiger partial charge on any atom is -0.334 e. The maximum atomic E-state index is 12.6. The molecule has 132 valence electrons. The number of rotatable bonds is 6. The number of hydrogen-bond acceptors (Lipinski definition) is 3. The van der Waals surface area contributed by atoms with Crippen LogP contribution in [0.3, 0.4) is 0 Å². The molecule has 1 aromatic carbocycles. The molecule has 1 unspecified atom stereocenters. The van der Waals surface area contributed by atoms with Crippen LogP contribution in [-0.4, -0.2) is 27.9 Å². The van der Waals surface area contributed by atoms with E-state index in [1.54, 1.807) is 0 Å². The molecule has 0 spiro atoms. The third-order valence-corrected chi connectivity index (χ3v) is 5.23. The van der Waals surface area contributed by atoms with E-state index >= 15 is 0 Å². The van der Waals surface area contributed by atoms with Gasteiger partial charge in [-0.1, -0.05) is 12.1 Å². The highest BCUT2D eigenvalue weighted by molar-refractivity contribution is 5.98. The van der Waals surface area contributed by atoms with E-state index in [1.807, 2.05) is 35.4 Å². The summed E-state index contributed by atoms with van der Waals surface area (Å²) in [7, 11) is 0. The van der Waals surface area contributed by atoms with E-state index in [0.717, 1.165) is 36.1 Å². The number of aryl methyl sites for hydroxylation is 3. The Hall–Kier alpha value is -2.20. The second-order valence-electron chi connectivity index (χ2n) is 7.55. The molecule has 1 aliphatic heterocycles. The summed E-state index contributed by atoms with van der Waals surface area (Å²) in [5.74, 6) is 0.138. The van der Waals surface area contributed by atoms with E-state index in [4.69, 9.17) is 5.73 Å². The van der Waals surface area contributed by atoms with Gasteiger partial charge in [-0.25, -0.2) is 0 Å². The molecule has 1 aromatic heterocycles. The molecule has 0 saturated heterocycles. The van der Waals surface area contributed by atoms with Crippen molar-refractivity contribution in [1.29, 1.82) is 0 Å². The molecule has 25 heavy (non-hydrogen) atoms. The van der Waals surface area contributed by atoms with Crippen molar-refractivity contribution in [2.24, 2.45) is 5.73 Å². The van der Waals surface area contributed by atoms with Gasteiger partial charge >= 0.3 is 0 Å². The third-order valence-electron chi connectivity index (χ3n) is 5.23. The number of amides is 1. The molecule has 1 amide bonds. The lowest BCUT2D eigenvalue weighted by Crippen LogP contribution is -2.41. The molecule has 1 atom stereocenters. The monoisotopic (exact) mass is 337 g/mol. The van der Waals surface area contributed by atoms with Gasteiger partial charge in [-0.15, -0.1) is 0 Å². The smallest absolute Gasteiger partial charge is 0.254 e. The van der Waals surface area contributed by atoms with Crippen molar-refractivity contribution in [3.05, 3.63) is 64.5 Å². The quantitative estimate of drug-likeness (QED) is 0.879. The van der Waals surface area contributed by atoms with E-state index in [-0.39, 0.29) is 11.4 Å². The lowest BCUT2D eigenvalue weighted by atomic mass is 9.92. The highest BCUT2D eigenvalue weighted by Crippen LogP contribution is 2.27. The van der Waals surface area contributed by atoms with Crippen LogP contribution >= 0.6 is 0 Å². The van der Waals surface area contributed by atoms with Crippen LogP contribution in [0.4, 0.5) is 0 Å². The largest absolute Gasteiger partial charge is 0.334 e. The first kappa shape index (κ1) is 17.6. The van der Waals surface area contributed by atoms with Gasteiger partial charge in [0.05, 0.1) is 0 Å². The number of pyridine rings is 1. The Bertz CT molecular complexity index is 768. The van der Waals surface area contributed by atoms with Gasteiger partial charge in [0.15, 0.2) is 0 Å². The zero-order valence-corrected chi connectivity index (χ0v) is 15.4. The molecular formula is C21H27N3O. The lowest BCUT2D eigenvalue weighted by Gasteiger charge is -2.27. The first-order valence-corrected chi connectivity index (χ1v) is 8.94. The summed E-state index contributed by atoms with van der Waals surface area (Å²) in [6.07, 6.45) is 4.32. The van der Waals surface area contributed by atoms with Crippen LogP contribution in [0.1, 0.15) is 52.5 Å². The average Bonchev–Trinajstić information content (AvgIpc) is 2.89. The van der Waals surface area contributed by atoms with E-state index in [2.05, 4.69) is 31.8 Å². The van der Waals surface area contributed by atoms with Crippen LogP contribution < -0.4 is 5.73 Å². The standard InChI is InChI=1S/C21H27N3O/c1-15-12-17-14-24(20(25)19(17)13-16(15)2)11-9-21(3,22)8-7-18-6-4-5-10-23-18/h4-6,10,12-13H,7-9,11,14,22H2,1-3H3. The van der Waals surface area contributed by atoms with E-state index in [0.29, 0.717) is 13.1 Å². The number of benzene rings is 1. The molecule has 4 heteroatoms. The number of carbonyl (C=O) groups excluding carboxylic acids is 1. The highest BCUT2D eigenvalue weighted by atomic mass is 16.2. The molecule has 3 rings (SSSR count). The highest BCUT2D eigenvalue weighted by Gasteiger charge is 2.29. The van der Waals surface area contributed by atoms with Crippen LogP contribution in [0.5, 0.6) is 0 Å². The van der Waals surface area contributed by atoms with Gasteiger partial charge in [-0.2, -0.15) is 0 Å². The van der Waals surface area contributed by atoms with Gasteiger partial charge in [0.25, 0.3) is 5.91 Å². The van der Waals surface area contributed by atoms with Crippen molar-refractivity contribution in [3.63, 3.8) is 0 Å². The predicted molar refractivity (Wildman–Crippen MR) is 100 cm³/mol. The maximum Gasteiger partial charge on any atom is 0.254 e. The first-order chi connectivity index (χ1) is 11.9. The van der Waals surface area contributed by atoms with Gasteiger partial charge in [0.1, 0.15) is 0 Å². The maximum absolute atomic E-state index is 12.6. The van der Waals surface area contributed by atoms with Crippen LogP contribution in [0, 0.1) is 13.8 Å². The number of nitrogens with zero attached hydrogens (tertiary/aromatic N) is 2. The number of aromatic nitrogens is 1. The Balaban J connectivity index is 1.57. The molecular weight excluding hydrogens is 310 g/mol. The summed E-state index contributed by atoms with van der Waals surface area (Å²) in [6.45, 7) is 7.61. The van der Waals surface area contributed by atoms with Crippen molar-refractivity contribution >= 4 is 5.91 Å². The Morgan fingerprint density at radius 1 is 1.20 bits per heavy atom. The van der Waals surface area contributed by atoms with E-state index in [1.165, 1.54) is 11.1 Å². The fourth-order valence-electron chi connectivity index (χ4n) is 3.31. The molecule has 0 radical (unpaired) electrons. The molecule has 1 aliphatic rings. The fourth-order valence-corrected chi connectivity index (χ4v) is 3.31. The van der Waals surface area contributed by atoms with Crippen LogP contribution in [0.25, 0.3) is 0 Å². The summed E-state index contributed by atoms with van der Waals surface area (Å²) in [5.41, 5.74) is 11.6. The number of carbonyl (C=O) groups is 1. The number of nitrogens with two attached hydrogens (primary N) is 1. The van der Waals surface area contributed by atoms with E-state index < -0.39 is 0 Å². The molecule has 2 N–H and O–H groups in total. The zero-order chi connectivity index (χ0) is 18.0. The van der Waals surface area contributed by atoms with E-state index in [9.17, 15) is 4.79 Å². The Morgan fingerprint density at radius 2 is 1.96 bits per heavy atom. The summed E-state index contributed by atoms with van der Waals surface area (Å²) in [5, 5.41) is 0. The van der Waals surface area contributed by atoms with Gasteiger partial charge < -0.3 is 10.6 Å². The van der Waals surface area contributed by atoms with Crippen molar-refractivity contribution in [3.8, 4) is 0 Å². The second-order valence-corrected chi connectivity index (χ2v) is 7.55. The van der Waals surface area contributed by atoms with Crippen LogP contribution in [0.2, 0.25) is 0 Å². The first-order valence-electron chi connectivity index (χ1n) is 8.94. The summed E-state index contributed by atoms with van der Waals surface area (Å²) in [6, 6.07) is 10.1. The van der Waals surface area contributed by atoms with Crippen LogP contribution in [0.15, 0.2) is 36.5 Å². The molecule has 0 saturated carbocycles. The third kappa shape index (κ3) is 4.07. The lowest BCUT2D eigenvalue weighted by molar-refractivity contribution is 0.0766. The molecule has 0 bridgehead atoms. The average molecular weight is 337 g/mol. The van der Waals surface area contributed by atoms with Crippen LogP contribution in [-0.2, 0) is 13.0 Å². The van der Waals surface area contributed by atoms with Gasteiger partial charge in [0.2, 0.25) is 0 Å². The normalized spacial score (nSPS) is 16.0. The topological polar surface area (TPSA) is 59.2 Å².